The fourth-order valence-electron chi connectivity index (χ4n) is 3.88. The quantitative estimate of drug-likeness (QED) is 0.664. The number of nitrogens with zero attached hydrogens (tertiary/aromatic N) is 1. The normalized spacial score (nSPS) is 25.7. The van der Waals surface area contributed by atoms with Crippen LogP contribution in [0.4, 0.5) is 0 Å². The smallest absolute Gasteiger partial charge is 0.0254 e. The van der Waals surface area contributed by atoms with Crippen molar-refractivity contribution in [1.82, 2.24) is 10.2 Å². The summed E-state index contributed by atoms with van der Waals surface area (Å²) in [7, 11) is 0. The highest BCUT2D eigenvalue weighted by molar-refractivity contribution is 4.94. The second kappa shape index (κ2) is 9.15. The Balaban J connectivity index is 2.76. The third kappa shape index (κ3) is 5.90. The highest BCUT2D eigenvalue weighted by Crippen LogP contribution is 2.38. The summed E-state index contributed by atoms with van der Waals surface area (Å²) in [5, 5.41) is 3.84. The molecule has 1 aliphatic rings. The summed E-state index contributed by atoms with van der Waals surface area (Å²) in [6.07, 6.45) is 7.94. The first-order chi connectivity index (χ1) is 9.97. The van der Waals surface area contributed by atoms with Crippen molar-refractivity contribution in [2.45, 2.75) is 92.2 Å². The summed E-state index contributed by atoms with van der Waals surface area (Å²) in [6.45, 7) is 17.9. The average molecular weight is 297 g/mol. The number of rotatable bonds is 9. The van der Waals surface area contributed by atoms with Crippen LogP contribution >= 0.6 is 0 Å². The summed E-state index contributed by atoms with van der Waals surface area (Å²) in [6, 6.07) is 1.43. The Morgan fingerprint density at radius 2 is 1.81 bits per heavy atom. The van der Waals surface area contributed by atoms with E-state index < -0.39 is 0 Å². The van der Waals surface area contributed by atoms with Crippen LogP contribution in [0.1, 0.15) is 80.1 Å². The zero-order valence-corrected chi connectivity index (χ0v) is 15.5. The van der Waals surface area contributed by atoms with Gasteiger partial charge in [0.2, 0.25) is 0 Å². The third-order valence-electron chi connectivity index (χ3n) is 5.54. The lowest BCUT2D eigenvalue weighted by atomic mass is 9.72. The molecule has 0 aromatic heterocycles. The van der Waals surface area contributed by atoms with E-state index in [2.05, 4.69) is 51.8 Å². The Labute approximate surface area is 134 Å². The molecule has 0 aliphatic heterocycles. The molecule has 2 atom stereocenters. The van der Waals surface area contributed by atoms with Gasteiger partial charge in [0.05, 0.1) is 0 Å². The summed E-state index contributed by atoms with van der Waals surface area (Å²) in [4.78, 5) is 2.78. The first-order valence-electron chi connectivity index (χ1n) is 9.44. The van der Waals surface area contributed by atoms with Crippen LogP contribution < -0.4 is 5.32 Å². The fraction of sp³-hybridized carbons (Fsp3) is 1.00. The summed E-state index contributed by atoms with van der Waals surface area (Å²) >= 11 is 0. The summed E-state index contributed by atoms with van der Waals surface area (Å²) in [5.41, 5.74) is 0.510. The average Bonchev–Trinajstić information content (AvgIpc) is 2.47. The van der Waals surface area contributed by atoms with E-state index in [-0.39, 0.29) is 0 Å². The van der Waals surface area contributed by atoms with Gasteiger partial charge < -0.3 is 5.32 Å². The first-order valence-corrected chi connectivity index (χ1v) is 9.44. The lowest BCUT2D eigenvalue weighted by molar-refractivity contribution is 0.0565. The second-order valence-electron chi connectivity index (χ2n) is 7.81. The van der Waals surface area contributed by atoms with Crippen molar-refractivity contribution in [2.24, 2.45) is 11.3 Å². The maximum Gasteiger partial charge on any atom is 0.0254 e. The molecule has 0 amide bonds. The Kier molecular flexibility index (Phi) is 8.26. The molecule has 0 saturated heterocycles. The largest absolute Gasteiger partial charge is 0.312 e. The minimum atomic E-state index is 0.510. The molecule has 1 N–H and O–H groups in total. The molecule has 126 valence electrons. The molecule has 0 aromatic carbocycles. The van der Waals surface area contributed by atoms with Crippen LogP contribution in [0.3, 0.4) is 0 Å². The predicted octanol–water partition coefficient (Wildman–Crippen LogP) is 4.69. The molecule has 0 radical (unpaired) electrons. The van der Waals surface area contributed by atoms with E-state index in [1.165, 1.54) is 58.2 Å². The fourth-order valence-corrected chi connectivity index (χ4v) is 3.88. The van der Waals surface area contributed by atoms with Crippen LogP contribution in [-0.2, 0) is 0 Å². The van der Waals surface area contributed by atoms with Gasteiger partial charge in [-0.1, -0.05) is 54.4 Å². The van der Waals surface area contributed by atoms with Crippen molar-refractivity contribution < 1.29 is 0 Å². The molecule has 0 spiro atoms. The highest BCUT2D eigenvalue weighted by Gasteiger charge is 2.37. The maximum absolute atomic E-state index is 3.84. The van der Waals surface area contributed by atoms with Crippen LogP contribution in [0, 0.1) is 11.3 Å². The van der Waals surface area contributed by atoms with E-state index in [1.54, 1.807) is 0 Å². The van der Waals surface area contributed by atoms with Crippen LogP contribution in [0.5, 0.6) is 0 Å². The minimum absolute atomic E-state index is 0.510. The molecule has 0 bridgehead atoms. The van der Waals surface area contributed by atoms with Crippen LogP contribution in [-0.4, -0.2) is 36.6 Å². The summed E-state index contributed by atoms with van der Waals surface area (Å²) in [5.74, 6) is 0.863. The monoisotopic (exact) mass is 296 g/mol. The van der Waals surface area contributed by atoms with E-state index in [1.807, 2.05) is 0 Å². The van der Waals surface area contributed by atoms with Gasteiger partial charge in [-0.25, -0.2) is 0 Å². The van der Waals surface area contributed by atoms with Crippen LogP contribution in [0.2, 0.25) is 0 Å². The van der Waals surface area contributed by atoms with Crippen LogP contribution in [0.15, 0.2) is 0 Å². The highest BCUT2D eigenvalue weighted by atomic mass is 15.2. The molecular formula is C19H40N2. The van der Waals surface area contributed by atoms with Gasteiger partial charge in [0.15, 0.2) is 0 Å². The molecule has 2 heteroatoms. The molecule has 0 aromatic rings. The van der Waals surface area contributed by atoms with E-state index in [4.69, 9.17) is 0 Å². The van der Waals surface area contributed by atoms with E-state index in [0.717, 1.165) is 12.0 Å². The molecule has 1 rings (SSSR count). The molecule has 21 heavy (non-hydrogen) atoms. The maximum atomic E-state index is 3.84. The van der Waals surface area contributed by atoms with Gasteiger partial charge in [-0.3, -0.25) is 4.90 Å². The number of nitrogens with one attached hydrogen (secondary N) is 1. The molecule has 1 fully saturated rings. The summed E-state index contributed by atoms with van der Waals surface area (Å²) < 4.78 is 0. The molecular weight excluding hydrogens is 256 g/mol. The first kappa shape index (κ1) is 19.0. The molecule has 2 unspecified atom stereocenters. The van der Waals surface area contributed by atoms with Gasteiger partial charge >= 0.3 is 0 Å². The van der Waals surface area contributed by atoms with Crippen molar-refractivity contribution in [3.05, 3.63) is 0 Å². The van der Waals surface area contributed by atoms with Gasteiger partial charge in [0, 0.05) is 18.6 Å². The Morgan fingerprint density at radius 1 is 1.14 bits per heavy atom. The Bertz CT molecular complexity index is 271. The van der Waals surface area contributed by atoms with Crippen LogP contribution in [0.25, 0.3) is 0 Å². The van der Waals surface area contributed by atoms with Crippen molar-refractivity contribution in [3.8, 4) is 0 Å². The molecule has 1 saturated carbocycles. The number of likely N-dealkylation sites (N-methyl/N-ethyl adjacent to an activating group) is 1. The topological polar surface area (TPSA) is 15.3 Å². The zero-order chi connectivity index (χ0) is 15.9. The number of hydrogen-bond acceptors (Lipinski definition) is 2. The second-order valence-corrected chi connectivity index (χ2v) is 7.81. The van der Waals surface area contributed by atoms with Crippen molar-refractivity contribution in [3.63, 3.8) is 0 Å². The lowest BCUT2D eigenvalue weighted by Crippen LogP contribution is -2.55. The van der Waals surface area contributed by atoms with Gasteiger partial charge in [-0.15, -0.1) is 0 Å². The van der Waals surface area contributed by atoms with Gasteiger partial charge in [0.25, 0.3) is 0 Å². The lowest BCUT2D eigenvalue weighted by Gasteiger charge is -2.47. The van der Waals surface area contributed by atoms with Gasteiger partial charge in [-0.2, -0.15) is 0 Å². The predicted molar refractivity (Wildman–Crippen MR) is 94.8 cm³/mol. The van der Waals surface area contributed by atoms with Crippen molar-refractivity contribution in [1.29, 1.82) is 0 Å². The third-order valence-corrected chi connectivity index (χ3v) is 5.54. The Hall–Kier alpha value is -0.0800. The molecule has 0 heterocycles. The Morgan fingerprint density at radius 3 is 2.33 bits per heavy atom. The van der Waals surface area contributed by atoms with Crippen molar-refractivity contribution in [2.75, 3.05) is 19.6 Å². The van der Waals surface area contributed by atoms with Gasteiger partial charge in [-0.05, 0) is 50.1 Å². The van der Waals surface area contributed by atoms with Gasteiger partial charge in [0.1, 0.15) is 0 Å². The van der Waals surface area contributed by atoms with E-state index >= 15 is 0 Å². The standard InChI is InChI=1S/C19H40N2/c1-7-13-20-17-11-12-19(5,6)14-18(17)21(10-4)15-16(8-2)9-3/h16-18,20H,7-15H2,1-6H3. The number of hydrogen-bond donors (Lipinski definition) is 1. The molecule has 1 aliphatic carbocycles. The zero-order valence-electron chi connectivity index (χ0n) is 15.5. The van der Waals surface area contributed by atoms with Crippen molar-refractivity contribution >= 4 is 0 Å². The molecule has 2 nitrogen and oxygen atoms in total. The SMILES string of the molecule is CCCNC1CCC(C)(C)CC1N(CC)CC(CC)CC. The van der Waals surface area contributed by atoms with E-state index in [9.17, 15) is 0 Å². The minimum Gasteiger partial charge on any atom is -0.312 e. The van der Waals surface area contributed by atoms with E-state index in [0.29, 0.717) is 11.5 Å².